The molecular weight excluding hydrogens is 170 g/mol. The normalized spacial score (nSPS) is 19.3. The topological polar surface area (TPSA) is 20.3 Å². The van der Waals surface area contributed by atoms with E-state index in [4.69, 9.17) is 0 Å². The van der Waals surface area contributed by atoms with Gasteiger partial charge in [-0.05, 0) is 31.7 Å². The molecule has 0 aromatic rings. The lowest BCUT2D eigenvalue weighted by Crippen LogP contribution is -2.40. The number of hydrogen-bond donors (Lipinski definition) is 1. The van der Waals surface area contributed by atoms with Gasteiger partial charge in [-0.25, -0.2) is 0 Å². The molecule has 2 nitrogen and oxygen atoms in total. The van der Waals surface area contributed by atoms with Gasteiger partial charge >= 0.3 is 0 Å². The maximum absolute atomic E-state index is 11.3. The maximum atomic E-state index is 11.3. The molecule has 0 atom stereocenters. The zero-order chi connectivity index (χ0) is 9.35. The maximum Gasteiger partial charge on any atom is 0.150 e. The predicted molar refractivity (Wildman–Crippen MR) is 53.4 cm³/mol. The van der Waals surface area contributed by atoms with Crippen molar-refractivity contribution < 1.29 is 4.79 Å². The second-order valence-electron chi connectivity index (χ2n) is 3.51. The number of nitrogens with zero attached hydrogens (tertiary/aromatic N) is 1. The fourth-order valence-electron chi connectivity index (χ4n) is 1.55. The third kappa shape index (κ3) is 1.72. The standard InChI is InChI=1S/C9H15NOS/c1-7(12)6-10(3)9(4-5-9)8(2)11/h12H,1,4-6H2,2-3H3. The molecule has 3 heteroatoms. The lowest BCUT2D eigenvalue weighted by atomic mass is 10.1. The van der Waals surface area contributed by atoms with Crippen LogP contribution in [0.4, 0.5) is 0 Å². The molecule has 12 heavy (non-hydrogen) atoms. The molecule has 1 rings (SSSR count). The summed E-state index contributed by atoms with van der Waals surface area (Å²) >= 11 is 4.12. The van der Waals surface area contributed by atoms with Crippen molar-refractivity contribution in [3.63, 3.8) is 0 Å². The van der Waals surface area contributed by atoms with Crippen molar-refractivity contribution in [2.45, 2.75) is 25.3 Å². The molecule has 1 saturated carbocycles. The summed E-state index contributed by atoms with van der Waals surface area (Å²) in [4.78, 5) is 14.1. The highest BCUT2D eigenvalue weighted by Gasteiger charge is 2.50. The Labute approximate surface area is 79.0 Å². The number of Topliss-reactive ketones (excluding diaryl/α,β-unsaturated/α-hetero) is 1. The molecule has 0 bridgehead atoms. The molecular formula is C9H15NOS. The molecule has 0 heterocycles. The number of likely N-dealkylation sites (N-methyl/N-ethyl adjacent to an activating group) is 1. The first kappa shape index (κ1) is 9.81. The summed E-state index contributed by atoms with van der Waals surface area (Å²) in [5.41, 5.74) is -0.175. The van der Waals surface area contributed by atoms with Crippen molar-refractivity contribution in [1.29, 1.82) is 0 Å². The van der Waals surface area contributed by atoms with Crippen LogP contribution in [-0.4, -0.2) is 29.8 Å². The zero-order valence-electron chi connectivity index (χ0n) is 7.63. The van der Waals surface area contributed by atoms with E-state index in [0.717, 1.165) is 17.7 Å². The van der Waals surface area contributed by atoms with Gasteiger partial charge in [-0.15, -0.1) is 12.6 Å². The molecule has 0 spiro atoms. The monoisotopic (exact) mass is 185 g/mol. The van der Waals surface area contributed by atoms with E-state index in [-0.39, 0.29) is 11.3 Å². The molecule has 0 N–H and O–H groups in total. The number of ketones is 1. The summed E-state index contributed by atoms with van der Waals surface area (Å²) in [7, 11) is 1.95. The van der Waals surface area contributed by atoms with Gasteiger partial charge in [0.05, 0.1) is 5.54 Å². The van der Waals surface area contributed by atoms with Crippen molar-refractivity contribution in [2.75, 3.05) is 13.6 Å². The average molecular weight is 185 g/mol. The Bertz CT molecular complexity index is 221. The Hall–Kier alpha value is -0.280. The third-order valence-corrected chi connectivity index (χ3v) is 2.67. The molecule has 1 aliphatic rings. The third-order valence-electron chi connectivity index (χ3n) is 2.53. The fourth-order valence-corrected chi connectivity index (χ4v) is 1.76. The second kappa shape index (κ2) is 3.23. The van der Waals surface area contributed by atoms with Gasteiger partial charge in [-0.2, -0.15) is 0 Å². The van der Waals surface area contributed by atoms with Gasteiger partial charge in [-0.3, -0.25) is 9.69 Å². The fraction of sp³-hybridized carbons (Fsp3) is 0.667. The van der Waals surface area contributed by atoms with Crippen LogP contribution in [0.3, 0.4) is 0 Å². The van der Waals surface area contributed by atoms with Crippen LogP contribution in [0.1, 0.15) is 19.8 Å². The Kier molecular flexibility index (Phi) is 2.64. The summed E-state index contributed by atoms with van der Waals surface area (Å²) in [6, 6.07) is 0. The number of rotatable bonds is 4. The van der Waals surface area contributed by atoms with Crippen molar-refractivity contribution in [3.05, 3.63) is 11.5 Å². The van der Waals surface area contributed by atoms with E-state index in [1.165, 1.54) is 0 Å². The Morgan fingerprint density at radius 3 is 2.42 bits per heavy atom. The van der Waals surface area contributed by atoms with Crippen LogP contribution in [-0.2, 0) is 4.79 Å². The molecule has 0 aromatic heterocycles. The van der Waals surface area contributed by atoms with Gasteiger partial charge in [0.15, 0.2) is 0 Å². The van der Waals surface area contributed by atoms with E-state index < -0.39 is 0 Å². The van der Waals surface area contributed by atoms with Gasteiger partial charge in [0.2, 0.25) is 0 Å². The largest absolute Gasteiger partial charge is 0.298 e. The summed E-state index contributed by atoms with van der Waals surface area (Å²) in [5, 5.41) is 0. The Morgan fingerprint density at radius 2 is 2.17 bits per heavy atom. The summed E-state index contributed by atoms with van der Waals surface area (Å²) in [6.45, 7) is 6.06. The van der Waals surface area contributed by atoms with E-state index in [2.05, 4.69) is 19.2 Å². The van der Waals surface area contributed by atoms with Crippen molar-refractivity contribution in [2.24, 2.45) is 0 Å². The number of hydrogen-bond acceptors (Lipinski definition) is 3. The Balaban J connectivity index is 2.57. The van der Waals surface area contributed by atoms with Gasteiger partial charge in [0.25, 0.3) is 0 Å². The van der Waals surface area contributed by atoms with E-state index in [9.17, 15) is 4.79 Å². The molecule has 1 aliphatic carbocycles. The number of carbonyl (C=O) groups excluding carboxylic acids is 1. The van der Waals surface area contributed by atoms with Gasteiger partial charge in [-0.1, -0.05) is 6.58 Å². The highest BCUT2D eigenvalue weighted by molar-refractivity contribution is 7.84. The van der Waals surface area contributed by atoms with Crippen LogP contribution in [0.25, 0.3) is 0 Å². The average Bonchev–Trinajstić information content (AvgIpc) is 2.63. The van der Waals surface area contributed by atoms with Crippen LogP contribution >= 0.6 is 12.6 Å². The number of thiol groups is 1. The molecule has 0 aromatic carbocycles. The highest BCUT2D eigenvalue weighted by Crippen LogP contribution is 2.41. The molecule has 0 aliphatic heterocycles. The molecule has 0 radical (unpaired) electrons. The van der Waals surface area contributed by atoms with E-state index >= 15 is 0 Å². The minimum atomic E-state index is -0.175. The van der Waals surface area contributed by atoms with Crippen LogP contribution in [0.2, 0.25) is 0 Å². The van der Waals surface area contributed by atoms with Gasteiger partial charge in [0.1, 0.15) is 5.78 Å². The van der Waals surface area contributed by atoms with Crippen molar-refractivity contribution >= 4 is 18.4 Å². The molecule has 1 fully saturated rings. The van der Waals surface area contributed by atoms with Crippen LogP contribution in [0.5, 0.6) is 0 Å². The first-order valence-electron chi connectivity index (χ1n) is 4.08. The van der Waals surface area contributed by atoms with E-state index in [0.29, 0.717) is 6.54 Å². The van der Waals surface area contributed by atoms with E-state index in [1.54, 1.807) is 6.92 Å². The van der Waals surface area contributed by atoms with Gasteiger partial charge < -0.3 is 0 Å². The summed E-state index contributed by atoms with van der Waals surface area (Å²) < 4.78 is 0. The molecule has 0 unspecified atom stereocenters. The smallest absolute Gasteiger partial charge is 0.150 e. The van der Waals surface area contributed by atoms with Crippen LogP contribution in [0, 0.1) is 0 Å². The van der Waals surface area contributed by atoms with Crippen molar-refractivity contribution in [3.8, 4) is 0 Å². The summed E-state index contributed by atoms with van der Waals surface area (Å²) in [5.74, 6) is 0.264. The van der Waals surface area contributed by atoms with Gasteiger partial charge in [0, 0.05) is 6.54 Å². The predicted octanol–water partition coefficient (Wildman–Crippen LogP) is 1.48. The number of carbonyl (C=O) groups is 1. The summed E-state index contributed by atoms with van der Waals surface area (Å²) in [6.07, 6.45) is 1.97. The van der Waals surface area contributed by atoms with Crippen LogP contribution in [0.15, 0.2) is 11.5 Å². The molecule has 0 saturated heterocycles. The minimum absolute atomic E-state index is 0.175. The SMILES string of the molecule is C=C(S)CN(C)C1(C(C)=O)CC1. The molecule has 0 amide bonds. The lowest BCUT2D eigenvalue weighted by molar-refractivity contribution is -0.122. The Morgan fingerprint density at radius 1 is 1.67 bits per heavy atom. The minimum Gasteiger partial charge on any atom is -0.298 e. The zero-order valence-corrected chi connectivity index (χ0v) is 8.53. The highest BCUT2D eigenvalue weighted by atomic mass is 32.1. The van der Waals surface area contributed by atoms with Crippen molar-refractivity contribution in [1.82, 2.24) is 4.90 Å². The first-order chi connectivity index (χ1) is 5.49. The van der Waals surface area contributed by atoms with Crippen LogP contribution < -0.4 is 0 Å². The van der Waals surface area contributed by atoms with E-state index in [1.807, 2.05) is 11.9 Å². The first-order valence-corrected chi connectivity index (χ1v) is 4.53. The lowest BCUT2D eigenvalue weighted by Gasteiger charge is -2.25. The quantitative estimate of drug-likeness (QED) is 0.670. The second-order valence-corrected chi connectivity index (χ2v) is 4.14. The molecule has 68 valence electrons.